The summed E-state index contributed by atoms with van der Waals surface area (Å²) in [6.07, 6.45) is 0. The van der Waals surface area contributed by atoms with Gasteiger partial charge in [-0.05, 0) is 0 Å². The number of hydrogen-bond donors (Lipinski definition) is 0. The molecule has 52 valence electrons. The molecule has 0 N–H and O–H groups in total. The second kappa shape index (κ2) is 3.65. The van der Waals surface area contributed by atoms with Crippen molar-refractivity contribution in [2.45, 2.75) is 39.8 Å². The van der Waals surface area contributed by atoms with Crippen LogP contribution < -0.4 is 0 Å². The summed E-state index contributed by atoms with van der Waals surface area (Å²) >= 11 is 0. The van der Waals surface area contributed by atoms with Gasteiger partial charge in [0, 0.05) is 0 Å². The van der Waals surface area contributed by atoms with E-state index in [-0.39, 0.29) is 0 Å². The van der Waals surface area contributed by atoms with Crippen LogP contribution in [-0.4, -0.2) is 24.2 Å². The molecule has 0 heterocycles. The Labute approximate surface area is 57.5 Å². The van der Waals surface area contributed by atoms with E-state index in [0.29, 0.717) is 12.1 Å². The van der Waals surface area contributed by atoms with Crippen LogP contribution >= 0.6 is 0 Å². The molecule has 0 bridgehead atoms. The van der Waals surface area contributed by atoms with E-state index < -0.39 is 0 Å². The first kappa shape index (κ1) is 8.66. The van der Waals surface area contributed by atoms with Crippen LogP contribution in [0, 0.1) is 0 Å². The summed E-state index contributed by atoms with van der Waals surface area (Å²) in [7, 11) is 0.898. The van der Waals surface area contributed by atoms with Crippen LogP contribution in [-0.2, 0) is 4.70 Å². The van der Waals surface area contributed by atoms with Gasteiger partial charge in [0.15, 0.2) is 0 Å². The van der Waals surface area contributed by atoms with E-state index in [4.69, 9.17) is 0 Å². The summed E-state index contributed by atoms with van der Waals surface area (Å²) in [5.74, 6) is 0. The van der Waals surface area contributed by atoms with Crippen LogP contribution in [0.4, 0.5) is 0 Å². The summed E-state index contributed by atoms with van der Waals surface area (Å²) in [6.45, 7) is 8.03. The topological polar surface area (TPSA) is 20.3 Å². The SMILES string of the molecule is CC(C)N(B=O)C(C)C. The molecule has 0 aliphatic carbocycles. The molecule has 0 saturated heterocycles. The van der Waals surface area contributed by atoms with Crippen molar-refractivity contribution in [2.75, 3.05) is 0 Å². The number of nitrogens with zero attached hydrogens (tertiary/aromatic N) is 1. The first-order chi connectivity index (χ1) is 4.09. The van der Waals surface area contributed by atoms with E-state index in [1.807, 2.05) is 27.7 Å². The summed E-state index contributed by atoms with van der Waals surface area (Å²) in [6, 6.07) is 0.644. The van der Waals surface area contributed by atoms with Gasteiger partial charge in [0.05, 0.1) is 0 Å². The molecule has 0 radical (unpaired) electrons. The first-order valence-electron chi connectivity index (χ1n) is 3.32. The Kier molecular flexibility index (Phi) is 3.51. The molecule has 0 rings (SSSR count). The van der Waals surface area contributed by atoms with Gasteiger partial charge in [0.2, 0.25) is 0 Å². The van der Waals surface area contributed by atoms with Gasteiger partial charge in [0.1, 0.15) is 0 Å². The van der Waals surface area contributed by atoms with Crippen molar-refractivity contribution in [2.24, 2.45) is 0 Å². The Hall–Kier alpha value is -0.335. The molecule has 0 fully saturated rings. The molecular weight excluding hydrogens is 113 g/mol. The molecule has 9 heavy (non-hydrogen) atoms. The molecule has 0 saturated carbocycles. The summed E-state index contributed by atoms with van der Waals surface area (Å²) in [4.78, 5) is 1.78. The fourth-order valence-corrected chi connectivity index (χ4v) is 0.840. The molecule has 3 heteroatoms. The van der Waals surface area contributed by atoms with Crippen molar-refractivity contribution in [3.63, 3.8) is 0 Å². The number of rotatable bonds is 3. The van der Waals surface area contributed by atoms with Gasteiger partial charge >= 0.3 is 56.6 Å². The molecular formula is C6H14BNO. The third-order valence-electron chi connectivity index (χ3n) is 1.31. The average Bonchev–Trinajstić information content (AvgIpc) is 1.64. The predicted octanol–water partition coefficient (Wildman–Crippen LogP) is 1.07. The molecule has 0 aromatic rings. The molecule has 0 unspecified atom stereocenters. The monoisotopic (exact) mass is 127 g/mol. The summed E-state index contributed by atoms with van der Waals surface area (Å²) < 4.78 is 10.3. The second-order valence-electron chi connectivity index (χ2n) is 2.74. The quantitative estimate of drug-likeness (QED) is 0.528. The molecule has 0 aliphatic heterocycles. The molecule has 0 aromatic heterocycles. The van der Waals surface area contributed by atoms with Crippen LogP contribution in [0.5, 0.6) is 0 Å². The Morgan fingerprint density at radius 1 is 1.11 bits per heavy atom. The third-order valence-corrected chi connectivity index (χ3v) is 1.31. The third kappa shape index (κ3) is 2.63. The maximum absolute atomic E-state index is 10.3. The molecule has 0 aliphatic rings. The fraction of sp³-hybridized carbons (Fsp3) is 1.00. The van der Waals surface area contributed by atoms with Crippen molar-refractivity contribution in [1.82, 2.24) is 4.81 Å². The van der Waals surface area contributed by atoms with Crippen LogP contribution in [0.2, 0.25) is 0 Å². The van der Waals surface area contributed by atoms with Crippen LogP contribution in [0.3, 0.4) is 0 Å². The Balaban J connectivity index is 3.82. The first-order valence-corrected chi connectivity index (χ1v) is 3.32. The zero-order chi connectivity index (χ0) is 7.44. The molecule has 0 atom stereocenters. The molecule has 2 nitrogen and oxygen atoms in total. The van der Waals surface area contributed by atoms with Gasteiger partial charge in [0.25, 0.3) is 0 Å². The van der Waals surface area contributed by atoms with Crippen LogP contribution in [0.1, 0.15) is 27.7 Å². The van der Waals surface area contributed by atoms with E-state index in [2.05, 4.69) is 0 Å². The normalized spacial score (nSPS) is 10.0. The van der Waals surface area contributed by atoms with E-state index in [9.17, 15) is 4.70 Å². The summed E-state index contributed by atoms with van der Waals surface area (Å²) in [5.41, 5.74) is 0. The standard InChI is InChI=1S/C6H14BNO/c1-5(2)8(7-9)6(3)4/h5-6H,1-4H3. The van der Waals surface area contributed by atoms with Gasteiger partial charge in [-0.1, -0.05) is 0 Å². The molecule has 0 aromatic carbocycles. The van der Waals surface area contributed by atoms with Gasteiger partial charge in [-0.3, -0.25) is 0 Å². The maximum atomic E-state index is 10.3. The fourth-order valence-electron chi connectivity index (χ4n) is 0.840. The van der Waals surface area contributed by atoms with Crippen LogP contribution in [0.25, 0.3) is 0 Å². The average molecular weight is 127 g/mol. The zero-order valence-corrected chi connectivity index (χ0v) is 6.59. The van der Waals surface area contributed by atoms with E-state index in [1.54, 1.807) is 4.81 Å². The predicted molar refractivity (Wildman–Crippen MR) is 38.6 cm³/mol. The minimum absolute atomic E-state index is 0.322. The second-order valence-corrected chi connectivity index (χ2v) is 2.74. The number of hydrogen-bond acceptors (Lipinski definition) is 1. The van der Waals surface area contributed by atoms with Crippen molar-refractivity contribution in [1.29, 1.82) is 0 Å². The van der Waals surface area contributed by atoms with E-state index in [1.165, 1.54) is 0 Å². The van der Waals surface area contributed by atoms with Crippen LogP contribution in [0.15, 0.2) is 0 Å². The Morgan fingerprint density at radius 3 is 1.44 bits per heavy atom. The minimum atomic E-state index is 0.322. The Bertz CT molecular complexity index is 85.1. The summed E-state index contributed by atoms with van der Waals surface area (Å²) in [5, 5.41) is 0. The van der Waals surface area contributed by atoms with Gasteiger partial charge in [-0.15, -0.1) is 0 Å². The van der Waals surface area contributed by atoms with Crippen molar-refractivity contribution < 1.29 is 4.70 Å². The Morgan fingerprint density at radius 2 is 1.44 bits per heavy atom. The zero-order valence-electron chi connectivity index (χ0n) is 6.59. The van der Waals surface area contributed by atoms with Crippen molar-refractivity contribution in [3.8, 4) is 0 Å². The van der Waals surface area contributed by atoms with Gasteiger partial charge < -0.3 is 0 Å². The van der Waals surface area contributed by atoms with E-state index in [0.717, 1.165) is 7.28 Å². The van der Waals surface area contributed by atoms with Crippen molar-refractivity contribution >= 4 is 7.28 Å². The van der Waals surface area contributed by atoms with Gasteiger partial charge in [-0.25, -0.2) is 0 Å². The van der Waals surface area contributed by atoms with Crippen molar-refractivity contribution in [3.05, 3.63) is 0 Å². The van der Waals surface area contributed by atoms with E-state index >= 15 is 0 Å². The molecule has 0 amide bonds. The molecule has 0 spiro atoms. The van der Waals surface area contributed by atoms with Gasteiger partial charge in [-0.2, -0.15) is 0 Å².